The molecule has 4 nitrogen and oxygen atoms in total. The van der Waals surface area contributed by atoms with Crippen molar-refractivity contribution in [2.24, 2.45) is 0 Å². The van der Waals surface area contributed by atoms with Crippen LogP contribution in [-0.4, -0.2) is 31.6 Å². The van der Waals surface area contributed by atoms with Crippen molar-refractivity contribution in [1.29, 1.82) is 0 Å². The topological polar surface area (TPSA) is 55.8 Å². The molecule has 0 aromatic heterocycles. The van der Waals surface area contributed by atoms with E-state index in [-0.39, 0.29) is 16.5 Å². The number of carboxylic acid groups (broad SMARTS) is 1. The first-order chi connectivity index (χ1) is 3.72. The minimum atomic E-state index is -1.13. The van der Waals surface area contributed by atoms with Crippen LogP contribution in [0.5, 0.6) is 0 Å². The molecular weight excluding hydrogens is 171 g/mol. The predicted octanol–water partition coefficient (Wildman–Crippen LogP) is -0.313. The molecule has 0 bridgehead atoms. The SMILES string of the molecule is COC(OC)C(=O)O.[Ni]. The number of methoxy groups -OCH3 is 2. The van der Waals surface area contributed by atoms with Crippen LogP contribution in [-0.2, 0) is 30.8 Å². The number of hydrogen-bond donors (Lipinski definition) is 1. The summed E-state index contributed by atoms with van der Waals surface area (Å²) in [7, 11) is 2.53. The maximum atomic E-state index is 9.91. The van der Waals surface area contributed by atoms with Crippen LogP contribution in [0.2, 0.25) is 0 Å². The van der Waals surface area contributed by atoms with Crippen molar-refractivity contribution < 1.29 is 35.9 Å². The number of aliphatic carboxylic acids is 1. The molecule has 0 fully saturated rings. The van der Waals surface area contributed by atoms with Crippen molar-refractivity contribution in [3.8, 4) is 0 Å². The van der Waals surface area contributed by atoms with E-state index in [1.807, 2.05) is 0 Å². The molecule has 0 aliphatic carbocycles. The first kappa shape index (κ1) is 11.7. The Labute approximate surface area is 63.1 Å². The summed E-state index contributed by atoms with van der Waals surface area (Å²) in [5.41, 5.74) is 0. The Morgan fingerprint density at radius 2 is 1.78 bits per heavy atom. The van der Waals surface area contributed by atoms with E-state index in [0.717, 1.165) is 0 Å². The number of ether oxygens (including phenoxy) is 2. The van der Waals surface area contributed by atoms with Crippen molar-refractivity contribution in [3.05, 3.63) is 0 Å². The van der Waals surface area contributed by atoms with E-state index in [9.17, 15) is 4.79 Å². The maximum absolute atomic E-state index is 9.91. The van der Waals surface area contributed by atoms with Gasteiger partial charge >= 0.3 is 5.97 Å². The van der Waals surface area contributed by atoms with Gasteiger partial charge in [0, 0.05) is 30.7 Å². The zero-order chi connectivity index (χ0) is 6.57. The molecule has 0 amide bonds. The van der Waals surface area contributed by atoms with Gasteiger partial charge in [-0.1, -0.05) is 0 Å². The average Bonchev–Trinajstić information content (AvgIpc) is 1.69. The van der Waals surface area contributed by atoms with Gasteiger partial charge < -0.3 is 14.6 Å². The summed E-state index contributed by atoms with van der Waals surface area (Å²) in [6.45, 7) is 0. The summed E-state index contributed by atoms with van der Waals surface area (Å²) in [6, 6.07) is 0. The Balaban J connectivity index is 0. The van der Waals surface area contributed by atoms with Crippen LogP contribution in [0.25, 0.3) is 0 Å². The molecule has 0 atom stereocenters. The molecule has 0 radical (unpaired) electrons. The van der Waals surface area contributed by atoms with Gasteiger partial charge in [-0.15, -0.1) is 0 Å². The Morgan fingerprint density at radius 3 is 1.78 bits per heavy atom. The molecule has 0 saturated carbocycles. The molecule has 0 saturated heterocycles. The van der Waals surface area contributed by atoms with E-state index in [1.54, 1.807) is 0 Å². The van der Waals surface area contributed by atoms with E-state index >= 15 is 0 Å². The van der Waals surface area contributed by atoms with Crippen molar-refractivity contribution in [3.63, 3.8) is 0 Å². The molecule has 5 heteroatoms. The second kappa shape index (κ2) is 6.01. The van der Waals surface area contributed by atoms with Crippen LogP contribution in [0.15, 0.2) is 0 Å². The molecule has 9 heavy (non-hydrogen) atoms. The minimum absolute atomic E-state index is 0. The fourth-order valence-corrected chi connectivity index (χ4v) is 0.298. The molecule has 0 aliphatic rings. The number of rotatable bonds is 3. The minimum Gasteiger partial charge on any atom is -0.477 e. The molecule has 0 rings (SSSR count). The number of carboxylic acids is 1. The molecule has 0 unspecified atom stereocenters. The van der Waals surface area contributed by atoms with Crippen LogP contribution in [0, 0.1) is 0 Å². The van der Waals surface area contributed by atoms with Gasteiger partial charge in [0.2, 0.25) is 0 Å². The van der Waals surface area contributed by atoms with Gasteiger partial charge in [0.25, 0.3) is 6.29 Å². The zero-order valence-electron chi connectivity index (χ0n) is 5.07. The van der Waals surface area contributed by atoms with E-state index < -0.39 is 12.3 Å². The predicted molar refractivity (Wildman–Crippen MR) is 25.4 cm³/mol. The fraction of sp³-hybridized carbons (Fsp3) is 0.750. The van der Waals surface area contributed by atoms with Crippen LogP contribution in [0.3, 0.4) is 0 Å². The molecule has 0 aliphatic heterocycles. The summed E-state index contributed by atoms with van der Waals surface area (Å²) < 4.78 is 8.68. The Morgan fingerprint density at radius 1 is 1.44 bits per heavy atom. The van der Waals surface area contributed by atoms with Crippen LogP contribution in [0.1, 0.15) is 0 Å². The van der Waals surface area contributed by atoms with Gasteiger partial charge in [0.1, 0.15) is 0 Å². The fourth-order valence-electron chi connectivity index (χ4n) is 0.298. The van der Waals surface area contributed by atoms with Crippen LogP contribution in [0.4, 0.5) is 0 Å². The van der Waals surface area contributed by atoms with Crippen LogP contribution < -0.4 is 0 Å². The van der Waals surface area contributed by atoms with Gasteiger partial charge in [0.15, 0.2) is 0 Å². The van der Waals surface area contributed by atoms with Crippen molar-refractivity contribution >= 4 is 5.97 Å². The molecule has 1 N–H and O–H groups in total. The van der Waals surface area contributed by atoms with Gasteiger partial charge in [-0.05, 0) is 0 Å². The first-order valence-corrected chi connectivity index (χ1v) is 2.00. The molecule has 58 valence electrons. The quantitative estimate of drug-likeness (QED) is 0.476. The molecule has 0 aromatic rings. The van der Waals surface area contributed by atoms with Gasteiger partial charge in [0.05, 0.1) is 0 Å². The second-order valence-corrected chi connectivity index (χ2v) is 1.14. The summed E-state index contributed by atoms with van der Waals surface area (Å²) in [4.78, 5) is 9.91. The summed E-state index contributed by atoms with van der Waals surface area (Å²) >= 11 is 0. The molecule has 0 heterocycles. The Kier molecular flexibility index (Phi) is 7.78. The van der Waals surface area contributed by atoms with Gasteiger partial charge in [-0.25, -0.2) is 4.79 Å². The summed E-state index contributed by atoms with van der Waals surface area (Å²) in [6.07, 6.45) is -1.13. The second-order valence-electron chi connectivity index (χ2n) is 1.14. The van der Waals surface area contributed by atoms with Crippen molar-refractivity contribution in [1.82, 2.24) is 0 Å². The van der Waals surface area contributed by atoms with E-state index in [4.69, 9.17) is 5.11 Å². The Hall–Kier alpha value is -0.116. The zero-order valence-corrected chi connectivity index (χ0v) is 6.05. The number of carbonyl (C=O) groups is 1. The van der Waals surface area contributed by atoms with Gasteiger partial charge in [-0.3, -0.25) is 0 Å². The average molecular weight is 179 g/mol. The third kappa shape index (κ3) is 4.39. The standard InChI is InChI=1S/C4H8O4.Ni/c1-7-4(8-2)3(5)6;/h4H,1-2H3,(H,5,6);. The monoisotopic (exact) mass is 178 g/mol. The maximum Gasteiger partial charge on any atom is 0.361 e. The van der Waals surface area contributed by atoms with E-state index in [0.29, 0.717) is 0 Å². The van der Waals surface area contributed by atoms with Crippen LogP contribution >= 0.6 is 0 Å². The third-order valence-electron chi connectivity index (χ3n) is 0.630. The Bertz CT molecular complexity index is 80.6. The molecular formula is C4H8NiO4. The normalized spacial score (nSPS) is 8.78. The molecule has 0 aromatic carbocycles. The smallest absolute Gasteiger partial charge is 0.361 e. The third-order valence-corrected chi connectivity index (χ3v) is 0.630. The van der Waals surface area contributed by atoms with E-state index in [1.165, 1.54) is 14.2 Å². The summed E-state index contributed by atoms with van der Waals surface area (Å²) in [5.74, 6) is -1.12. The van der Waals surface area contributed by atoms with Crippen molar-refractivity contribution in [2.45, 2.75) is 6.29 Å². The first-order valence-electron chi connectivity index (χ1n) is 2.00. The number of hydrogen-bond acceptors (Lipinski definition) is 3. The van der Waals surface area contributed by atoms with Gasteiger partial charge in [-0.2, -0.15) is 0 Å². The van der Waals surface area contributed by atoms with E-state index in [2.05, 4.69) is 9.47 Å². The molecule has 0 spiro atoms. The van der Waals surface area contributed by atoms with Crippen molar-refractivity contribution in [2.75, 3.05) is 14.2 Å². The summed E-state index contributed by atoms with van der Waals surface area (Å²) in [5, 5.41) is 8.12. The largest absolute Gasteiger partial charge is 0.477 e.